The molecule has 1 rings (SSSR count). The lowest BCUT2D eigenvalue weighted by atomic mass is 10.2. The molecule has 0 fully saturated rings. The average molecular weight is 361 g/mol. The van der Waals surface area contributed by atoms with E-state index in [-0.39, 0.29) is 18.4 Å². The molecule has 1 aromatic heterocycles. The number of unbranched alkanes of at least 4 members (excludes halogenated alkanes) is 1. The van der Waals surface area contributed by atoms with Gasteiger partial charge in [0.2, 0.25) is 11.8 Å². The summed E-state index contributed by atoms with van der Waals surface area (Å²) in [6.07, 6.45) is 0.289. The van der Waals surface area contributed by atoms with Crippen molar-refractivity contribution in [1.82, 2.24) is 15.5 Å². The van der Waals surface area contributed by atoms with Crippen LogP contribution < -0.4 is 5.32 Å². The van der Waals surface area contributed by atoms with E-state index in [0.29, 0.717) is 6.61 Å². The first kappa shape index (κ1) is 23.3. The molecule has 1 amide bonds. The van der Waals surface area contributed by atoms with Gasteiger partial charge in [0.05, 0.1) is 6.04 Å². The maximum atomic E-state index is 11.6. The van der Waals surface area contributed by atoms with Crippen LogP contribution in [0, 0.1) is 0 Å². The lowest BCUT2D eigenvalue weighted by molar-refractivity contribution is 0.0403. The van der Waals surface area contributed by atoms with Gasteiger partial charge in [-0.05, 0) is 34.1 Å². The monoisotopic (exact) mass is 361 g/mol. The Hall–Kier alpha value is -1.71. The zero-order chi connectivity index (χ0) is 19.5. The molecule has 25 heavy (non-hydrogen) atoms. The third-order valence-corrected chi connectivity index (χ3v) is 2.73. The zero-order valence-electron chi connectivity index (χ0n) is 15.9. The molecule has 1 heterocycles. The molecule has 0 saturated carbocycles. The van der Waals surface area contributed by atoms with Crippen molar-refractivity contribution >= 4 is 6.09 Å². The number of aliphatic hydroxyl groups is 2. The molecule has 0 saturated heterocycles. The Labute approximate surface area is 148 Å². The van der Waals surface area contributed by atoms with Gasteiger partial charge in [0.15, 0.2) is 6.10 Å². The molecule has 0 aliphatic rings. The fourth-order valence-corrected chi connectivity index (χ4v) is 1.51. The quantitative estimate of drug-likeness (QED) is 0.672. The number of carbonyl (C=O) groups is 1. The van der Waals surface area contributed by atoms with Crippen molar-refractivity contribution in [3.8, 4) is 0 Å². The molecular formula is C16H31N3O6. The molecule has 0 bridgehead atoms. The van der Waals surface area contributed by atoms with Crippen LogP contribution in [0.25, 0.3) is 0 Å². The van der Waals surface area contributed by atoms with Gasteiger partial charge in [-0.15, -0.1) is 10.2 Å². The van der Waals surface area contributed by atoms with Gasteiger partial charge in [-0.25, -0.2) is 4.79 Å². The van der Waals surface area contributed by atoms with Crippen LogP contribution in [-0.4, -0.2) is 51.9 Å². The van der Waals surface area contributed by atoms with Crippen LogP contribution in [-0.2, 0) is 16.1 Å². The summed E-state index contributed by atoms with van der Waals surface area (Å²) in [6.45, 7) is 9.42. The number of alkyl carbamates (subject to hydrolysis) is 1. The highest BCUT2D eigenvalue weighted by Crippen LogP contribution is 2.16. The van der Waals surface area contributed by atoms with Gasteiger partial charge < -0.3 is 29.4 Å². The molecular weight excluding hydrogens is 330 g/mol. The standard InChI is InChI=1S/C12H21N3O5.C4H10O/c1-7(13-11(17)20-12(2,3)4)9(16)10-15-14-8(19-10)6-18-5;1-2-3-4-5/h7,9,16H,6H2,1-5H3,(H,13,17);5H,2-4H2,1H3/t7?,9-;/m0./s1. The molecule has 1 aromatic rings. The molecule has 3 N–H and O–H groups in total. The maximum Gasteiger partial charge on any atom is 0.407 e. The molecule has 0 aliphatic heterocycles. The molecule has 0 spiro atoms. The summed E-state index contributed by atoms with van der Waals surface area (Å²) in [7, 11) is 1.49. The minimum absolute atomic E-state index is 0.0145. The van der Waals surface area contributed by atoms with Gasteiger partial charge in [-0.2, -0.15) is 0 Å². The minimum Gasteiger partial charge on any atom is -0.444 e. The van der Waals surface area contributed by atoms with E-state index in [2.05, 4.69) is 22.4 Å². The summed E-state index contributed by atoms with van der Waals surface area (Å²) in [6, 6.07) is -0.638. The van der Waals surface area contributed by atoms with Crippen LogP contribution in [0.3, 0.4) is 0 Å². The number of nitrogens with one attached hydrogen (secondary N) is 1. The van der Waals surface area contributed by atoms with E-state index < -0.39 is 23.8 Å². The molecule has 2 atom stereocenters. The fourth-order valence-electron chi connectivity index (χ4n) is 1.51. The molecule has 1 unspecified atom stereocenters. The first-order valence-electron chi connectivity index (χ1n) is 8.24. The van der Waals surface area contributed by atoms with E-state index in [0.717, 1.165) is 12.8 Å². The van der Waals surface area contributed by atoms with Crippen molar-refractivity contribution in [2.45, 2.75) is 71.8 Å². The van der Waals surface area contributed by atoms with Gasteiger partial charge >= 0.3 is 6.09 Å². The highest BCUT2D eigenvalue weighted by molar-refractivity contribution is 5.68. The van der Waals surface area contributed by atoms with Crippen LogP contribution >= 0.6 is 0 Å². The van der Waals surface area contributed by atoms with E-state index in [1.165, 1.54) is 7.11 Å². The molecule has 0 aromatic carbocycles. The second-order valence-corrected chi connectivity index (χ2v) is 6.42. The minimum atomic E-state index is -1.12. The molecule has 0 radical (unpaired) electrons. The van der Waals surface area contributed by atoms with Gasteiger partial charge in [-0.3, -0.25) is 0 Å². The summed E-state index contributed by atoms with van der Waals surface area (Å²) in [4.78, 5) is 11.6. The predicted octanol–water partition coefficient (Wildman–Crippen LogP) is 1.94. The van der Waals surface area contributed by atoms with Gasteiger partial charge in [-0.1, -0.05) is 13.3 Å². The van der Waals surface area contributed by atoms with Gasteiger partial charge in [0.1, 0.15) is 12.2 Å². The lowest BCUT2D eigenvalue weighted by Gasteiger charge is -2.23. The van der Waals surface area contributed by atoms with Crippen LogP contribution in [0.4, 0.5) is 4.79 Å². The molecule has 9 heteroatoms. The van der Waals surface area contributed by atoms with E-state index in [1.54, 1.807) is 27.7 Å². The number of carbonyl (C=O) groups excluding carboxylic acids is 1. The number of ether oxygens (including phenoxy) is 2. The number of aliphatic hydroxyl groups excluding tert-OH is 2. The average Bonchev–Trinajstić information content (AvgIpc) is 2.95. The number of amides is 1. The van der Waals surface area contributed by atoms with Crippen molar-refractivity contribution in [2.24, 2.45) is 0 Å². The second kappa shape index (κ2) is 11.8. The topological polar surface area (TPSA) is 127 Å². The largest absolute Gasteiger partial charge is 0.444 e. The van der Waals surface area contributed by atoms with Crippen molar-refractivity contribution in [2.75, 3.05) is 13.7 Å². The Morgan fingerprint density at radius 2 is 2.00 bits per heavy atom. The van der Waals surface area contributed by atoms with Crippen molar-refractivity contribution < 1.29 is 28.9 Å². The summed E-state index contributed by atoms with van der Waals surface area (Å²) in [5.74, 6) is 0.270. The Bertz CT molecular complexity index is 484. The third kappa shape index (κ3) is 10.7. The first-order chi connectivity index (χ1) is 11.6. The van der Waals surface area contributed by atoms with E-state index in [4.69, 9.17) is 19.0 Å². The number of hydrogen-bond donors (Lipinski definition) is 3. The highest BCUT2D eigenvalue weighted by Gasteiger charge is 2.26. The number of methoxy groups -OCH3 is 1. The third-order valence-electron chi connectivity index (χ3n) is 2.73. The van der Waals surface area contributed by atoms with Crippen molar-refractivity contribution in [1.29, 1.82) is 0 Å². The summed E-state index contributed by atoms with van der Waals surface area (Å²) in [5.41, 5.74) is -0.606. The fraction of sp³-hybridized carbons (Fsp3) is 0.812. The number of rotatable bonds is 7. The Kier molecular flexibility index (Phi) is 11.0. The summed E-state index contributed by atoms with van der Waals surface area (Å²) < 4.78 is 15.1. The van der Waals surface area contributed by atoms with Gasteiger partial charge in [0, 0.05) is 13.7 Å². The number of aromatic nitrogens is 2. The molecule has 146 valence electrons. The van der Waals surface area contributed by atoms with Crippen LogP contribution in [0.15, 0.2) is 4.42 Å². The number of nitrogens with zero attached hydrogens (tertiary/aromatic N) is 2. The van der Waals surface area contributed by atoms with E-state index in [1.807, 2.05) is 0 Å². The normalized spacial score (nSPS) is 13.4. The first-order valence-corrected chi connectivity index (χ1v) is 8.24. The van der Waals surface area contributed by atoms with E-state index >= 15 is 0 Å². The van der Waals surface area contributed by atoms with Crippen LogP contribution in [0.1, 0.15) is 65.3 Å². The van der Waals surface area contributed by atoms with Gasteiger partial charge in [0.25, 0.3) is 0 Å². The van der Waals surface area contributed by atoms with E-state index in [9.17, 15) is 9.90 Å². The maximum absolute atomic E-state index is 11.6. The zero-order valence-corrected chi connectivity index (χ0v) is 15.9. The summed E-state index contributed by atoms with van der Waals surface area (Å²) >= 11 is 0. The SMILES string of the molecule is CCCCO.COCc1nnc([C@@H](O)C(C)NC(=O)OC(C)(C)C)o1. The summed E-state index contributed by atoms with van der Waals surface area (Å²) in [5, 5.41) is 28.0. The number of hydrogen-bond acceptors (Lipinski definition) is 8. The van der Waals surface area contributed by atoms with Crippen molar-refractivity contribution in [3.05, 3.63) is 11.8 Å². The second-order valence-electron chi connectivity index (χ2n) is 6.42. The van der Waals surface area contributed by atoms with Crippen LogP contribution in [0.2, 0.25) is 0 Å². The Balaban J connectivity index is 0.00000101. The highest BCUT2D eigenvalue weighted by atomic mass is 16.6. The molecule has 0 aliphatic carbocycles. The Morgan fingerprint density at radius 3 is 2.44 bits per heavy atom. The lowest BCUT2D eigenvalue weighted by Crippen LogP contribution is -2.40. The smallest absolute Gasteiger partial charge is 0.407 e. The van der Waals surface area contributed by atoms with Crippen molar-refractivity contribution in [3.63, 3.8) is 0 Å². The predicted molar refractivity (Wildman–Crippen MR) is 90.8 cm³/mol. The van der Waals surface area contributed by atoms with Crippen LogP contribution in [0.5, 0.6) is 0 Å². The Morgan fingerprint density at radius 1 is 1.36 bits per heavy atom. The molecule has 9 nitrogen and oxygen atoms in total.